The molecule has 9 heteroatoms. The van der Waals surface area contributed by atoms with Gasteiger partial charge in [-0.15, -0.1) is 0 Å². The van der Waals surface area contributed by atoms with Crippen molar-refractivity contribution in [3.63, 3.8) is 0 Å². The second-order valence-corrected chi connectivity index (χ2v) is 11.1. The molecule has 2 fully saturated rings. The molecule has 1 aromatic heterocycles. The molecule has 2 amide bonds. The fourth-order valence-electron chi connectivity index (χ4n) is 5.76. The van der Waals surface area contributed by atoms with Gasteiger partial charge in [0.15, 0.2) is 0 Å². The van der Waals surface area contributed by atoms with Crippen LogP contribution in [0.3, 0.4) is 0 Å². The third-order valence-electron chi connectivity index (χ3n) is 8.04. The van der Waals surface area contributed by atoms with Crippen molar-refractivity contribution in [2.75, 3.05) is 13.1 Å². The predicted molar refractivity (Wildman–Crippen MR) is 136 cm³/mol. The summed E-state index contributed by atoms with van der Waals surface area (Å²) in [6.45, 7) is 5.61. The molecule has 3 aromatic rings. The highest BCUT2D eigenvalue weighted by Crippen LogP contribution is 2.47. The number of alkyl halides is 3. The number of hydrogen-bond acceptors (Lipinski definition) is 5. The molecule has 2 atom stereocenters. The van der Waals surface area contributed by atoms with E-state index in [0.717, 1.165) is 39.7 Å². The van der Waals surface area contributed by atoms with Gasteiger partial charge in [-0.05, 0) is 59.9 Å². The second kappa shape index (κ2) is 9.47. The molecule has 2 aliphatic rings. The topological polar surface area (TPSA) is 82.5 Å². The van der Waals surface area contributed by atoms with E-state index in [2.05, 4.69) is 15.2 Å². The Morgan fingerprint density at radius 2 is 1.84 bits per heavy atom. The van der Waals surface area contributed by atoms with Gasteiger partial charge in [-0.2, -0.15) is 13.2 Å². The number of carbonyl (C=O) groups is 2. The number of likely N-dealkylation sites (tertiary alicyclic amines) is 1. The van der Waals surface area contributed by atoms with Gasteiger partial charge in [0.25, 0.3) is 0 Å². The minimum absolute atomic E-state index is 0.267. The van der Waals surface area contributed by atoms with E-state index in [9.17, 15) is 27.9 Å². The molecule has 0 radical (unpaired) electrons. The number of fused-ring (bicyclic) bond motifs is 1. The number of hydrogen-bond donors (Lipinski definition) is 2. The summed E-state index contributed by atoms with van der Waals surface area (Å²) in [6, 6.07) is 12.8. The van der Waals surface area contributed by atoms with E-state index in [1.165, 1.54) is 12.1 Å². The maximum absolute atomic E-state index is 12.9. The van der Waals surface area contributed by atoms with Gasteiger partial charge in [0.1, 0.15) is 0 Å². The Hall–Kier alpha value is -3.30. The SMILES string of the molecule is CC1(C)CN(Cc2ccc(C(F)(F)F)cc2)CCC1(O)c1ccc2ncc(C3CCC(=O)NC3=O)cc2c1. The van der Waals surface area contributed by atoms with E-state index in [-0.39, 0.29) is 18.2 Å². The lowest BCUT2D eigenvalue weighted by Crippen LogP contribution is -2.55. The number of aliphatic hydroxyl groups is 1. The van der Waals surface area contributed by atoms with Crippen molar-refractivity contribution in [2.45, 2.75) is 57.3 Å². The van der Waals surface area contributed by atoms with Gasteiger partial charge < -0.3 is 5.11 Å². The summed E-state index contributed by atoms with van der Waals surface area (Å²) in [7, 11) is 0. The van der Waals surface area contributed by atoms with Gasteiger partial charge >= 0.3 is 6.18 Å². The Morgan fingerprint density at radius 1 is 1.11 bits per heavy atom. The number of nitrogens with zero attached hydrogens (tertiary/aromatic N) is 2. The van der Waals surface area contributed by atoms with Crippen LogP contribution in [-0.2, 0) is 27.9 Å². The Bertz CT molecular complexity index is 1390. The van der Waals surface area contributed by atoms with Crippen LogP contribution in [0.5, 0.6) is 0 Å². The highest BCUT2D eigenvalue weighted by atomic mass is 19.4. The average Bonchev–Trinajstić information content (AvgIpc) is 2.85. The molecule has 5 rings (SSSR count). The predicted octanol–water partition coefficient (Wildman–Crippen LogP) is 4.89. The Morgan fingerprint density at radius 3 is 2.50 bits per heavy atom. The largest absolute Gasteiger partial charge is 0.416 e. The molecule has 0 spiro atoms. The zero-order chi connectivity index (χ0) is 27.3. The van der Waals surface area contributed by atoms with Crippen molar-refractivity contribution in [2.24, 2.45) is 5.41 Å². The number of imide groups is 1. The molecule has 2 unspecified atom stereocenters. The van der Waals surface area contributed by atoms with Crippen molar-refractivity contribution in [1.82, 2.24) is 15.2 Å². The standard InChI is InChI=1S/C29H30F3N3O3/c1-27(2)17-35(16-18-3-5-21(6-4-18)29(30,31)32)12-11-28(27,38)22-7-9-24-19(14-22)13-20(15-33-24)23-8-10-25(36)34-26(23)37/h3-7,9,13-15,23,38H,8,10-12,16-17H2,1-2H3,(H,34,36,37). The number of benzene rings is 2. The molecule has 2 N–H and O–H groups in total. The first-order chi connectivity index (χ1) is 17.9. The van der Waals surface area contributed by atoms with Crippen molar-refractivity contribution in [3.8, 4) is 0 Å². The maximum Gasteiger partial charge on any atom is 0.416 e. The van der Waals surface area contributed by atoms with E-state index >= 15 is 0 Å². The lowest BCUT2D eigenvalue weighted by molar-refractivity contribution is -0.138. The molecule has 2 aliphatic heterocycles. The second-order valence-electron chi connectivity index (χ2n) is 11.1. The molecular weight excluding hydrogens is 495 g/mol. The molecule has 3 heterocycles. The Kier molecular flexibility index (Phi) is 6.55. The average molecular weight is 526 g/mol. The smallest absolute Gasteiger partial charge is 0.385 e. The molecular formula is C29H30F3N3O3. The summed E-state index contributed by atoms with van der Waals surface area (Å²) in [5, 5.41) is 15.1. The molecule has 200 valence electrons. The number of aromatic nitrogens is 1. The number of nitrogens with one attached hydrogen (secondary N) is 1. The van der Waals surface area contributed by atoms with Gasteiger partial charge in [-0.3, -0.25) is 24.8 Å². The third-order valence-corrected chi connectivity index (χ3v) is 8.04. The Balaban J connectivity index is 1.36. The van der Waals surface area contributed by atoms with E-state index in [1.54, 1.807) is 6.20 Å². The number of halogens is 3. The van der Waals surface area contributed by atoms with Crippen LogP contribution >= 0.6 is 0 Å². The summed E-state index contributed by atoms with van der Waals surface area (Å²) in [5.41, 5.74) is 0.662. The molecule has 2 aromatic carbocycles. The van der Waals surface area contributed by atoms with E-state index in [0.29, 0.717) is 32.5 Å². The van der Waals surface area contributed by atoms with Crippen LogP contribution in [0, 0.1) is 5.41 Å². The summed E-state index contributed by atoms with van der Waals surface area (Å²) < 4.78 is 38.7. The van der Waals surface area contributed by atoms with E-state index in [1.807, 2.05) is 38.1 Å². The van der Waals surface area contributed by atoms with Crippen molar-refractivity contribution < 1.29 is 27.9 Å². The maximum atomic E-state index is 12.9. The van der Waals surface area contributed by atoms with Crippen LogP contribution in [0.15, 0.2) is 54.7 Å². The first-order valence-electron chi connectivity index (χ1n) is 12.7. The lowest BCUT2D eigenvalue weighted by atomic mass is 9.66. The zero-order valence-electron chi connectivity index (χ0n) is 21.3. The van der Waals surface area contributed by atoms with Crippen LogP contribution in [0.2, 0.25) is 0 Å². The fourth-order valence-corrected chi connectivity index (χ4v) is 5.76. The monoisotopic (exact) mass is 525 g/mol. The fraction of sp³-hybridized carbons (Fsp3) is 0.414. The zero-order valence-corrected chi connectivity index (χ0v) is 21.3. The van der Waals surface area contributed by atoms with Crippen LogP contribution in [0.1, 0.15) is 61.3 Å². The van der Waals surface area contributed by atoms with Crippen molar-refractivity contribution in [3.05, 3.63) is 77.0 Å². The molecule has 0 bridgehead atoms. The summed E-state index contributed by atoms with van der Waals surface area (Å²) >= 11 is 0. The minimum Gasteiger partial charge on any atom is -0.385 e. The highest BCUT2D eigenvalue weighted by molar-refractivity contribution is 6.01. The number of amides is 2. The molecule has 0 aliphatic carbocycles. The van der Waals surface area contributed by atoms with Gasteiger partial charge in [-0.25, -0.2) is 0 Å². The summed E-state index contributed by atoms with van der Waals surface area (Å²) in [5.74, 6) is -1.03. The van der Waals surface area contributed by atoms with Crippen molar-refractivity contribution >= 4 is 22.7 Å². The van der Waals surface area contributed by atoms with Gasteiger partial charge in [0.05, 0.1) is 22.6 Å². The third kappa shape index (κ3) is 4.92. The number of pyridine rings is 1. The summed E-state index contributed by atoms with van der Waals surface area (Å²) in [4.78, 5) is 30.6. The van der Waals surface area contributed by atoms with Gasteiger partial charge in [0.2, 0.25) is 11.8 Å². The highest BCUT2D eigenvalue weighted by Gasteiger charge is 2.48. The first kappa shape index (κ1) is 26.3. The molecule has 2 saturated heterocycles. The van der Waals surface area contributed by atoms with E-state index < -0.39 is 28.7 Å². The number of piperidine rings is 2. The van der Waals surface area contributed by atoms with Crippen LogP contribution < -0.4 is 5.32 Å². The van der Waals surface area contributed by atoms with Crippen LogP contribution in [-0.4, -0.2) is 39.9 Å². The molecule has 6 nitrogen and oxygen atoms in total. The lowest BCUT2D eigenvalue weighted by Gasteiger charge is -2.50. The van der Waals surface area contributed by atoms with Crippen LogP contribution in [0.4, 0.5) is 13.2 Å². The quantitative estimate of drug-likeness (QED) is 0.474. The van der Waals surface area contributed by atoms with Gasteiger partial charge in [0, 0.05) is 43.1 Å². The normalized spacial score (nSPS) is 24.4. The number of carbonyl (C=O) groups excluding carboxylic acids is 2. The van der Waals surface area contributed by atoms with Gasteiger partial charge in [-0.1, -0.05) is 32.0 Å². The van der Waals surface area contributed by atoms with Crippen LogP contribution in [0.25, 0.3) is 10.9 Å². The first-order valence-corrected chi connectivity index (χ1v) is 12.7. The molecule has 38 heavy (non-hydrogen) atoms. The summed E-state index contributed by atoms with van der Waals surface area (Å²) in [6.07, 6.45) is -1.53. The number of rotatable bonds is 4. The molecule has 0 saturated carbocycles. The minimum atomic E-state index is -4.36. The Labute approximate surface area is 218 Å². The van der Waals surface area contributed by atoms with E-state index in [4.69, 9.17) is 0 Å². The van der Waals surface area contributed by atoms with Crippen molar-refractivity contribution in [1.29, 1.82) is 0 Å².